The fraction of sp³-hybridized carbons (Fsp3) is 0.208. The zero-order chi connectivity index (χ0) is 24.7. The number of nitro groups is 1. The van der Waals surface area contributed by atoms with Crippen molar-refractivity contribution in [2.45, 2.75) is 31.2 Å². The molecular weight excluding hydrogens is 458 g/mol. The van der Waals surface area contributed by atoms with Crippen molar-refractivity contribution in [3.8, 4) is 5.75 Å². The van der Waals surface area contributed by atoms with Crippen LogP contribution in [0.15, 0.2) is 77.7 Å². The smallest absolute Gasteiger partial charge is 0.271 e. The number of sulfonamides is 1. The van der Waals surface area contributed by atoms with Gasteiger partial charge in [-0.05, 0) is 55.7 Å². The van der Waals surface area contributed by atoms with Crippen LogP contribution in [-0.2, 0) is 21.2 Å². The molecule has 0 saturated heterocycles. The van der Waals surface area contributed by atoms with Crippen LogP contribution in [0.5, 0.6) is 5.75 Å². The van der Waals surface area contributed by atoms with Crippen molar-refractivity contribution in [2.75, 3.05) is 11.9 Å². The Kier molecular flexibility index (Phi) is 7.98. The molecule has 1 amide bonds. The van der Waals surface area contributed by atoms with Crippen molar-refractivity contribution in [2.24, 2.45) is 0 Å². The lowest BCUT2D eigenvalue weighted by molar-refractivity contribution is -0.384. The molecule has 0 bridgehead atoms. The Bertz CT molecular complexity index is 1280. The lowest BCUT2D eigenvalue weighted by atomic mass is 10.1. The number of nitrogens with one attached hydrogen (secondary N) is 2. The van der Waals surface area contributed by atoms with Crippen LogP contribution in [0.25, 0.3) is 0 Å². The highest BCUT2D eigenvalue weighted by Crippen LogP contribution is 2.23. The predicted octanol–water partition coefficient (Wildman–Crippen LogP) is 3.83. The van der Waals surface area contributed by atoms with E-state index < -0.39 is 26.9 Å². The molecular formula is C24H25N3O6S. The maximum atomic E-state index is 13.1. The summed E-state index contributed by atoms with van der Waals surface area (Å²) in [5, 5.41) is 13.6. The molecule has 178 valence electrons. The normalized spacial score (nSPS) is 12.1. The van der Waals surface area contributed by atoms with Gasteiger partial charge in [0.1, 0.15) is 11.8 Å². The summed E-state index contributed by atoms with van der Waals surface area (Å²) in [4.78, 5) is 23.5. The zero-order valence-corrected chi connectivity index (χ0v) is 19.5. The fourth-order valence-electron chi connectivity index (χ4n) is 3.33. The third-order valence-corrected chi connectivity index (χ3v) is 6.45. The third-order valence-electron chi connectivity index (χ3n) is 4.98. The van der Waals surface area contributed by atoms with Crippen LogP contribution >= 0.6 is 0 Å². The zero-order valence-electron chi connectivity index (χ0n) is 18.7. The van der Waals surface area contributed by atoms with Gasteiger partial charge in [0.05, 0.1) is 16.4 Å². The molecule has 0 aliphatic carbocycles. The van der Waals surface area contributed by atoms with E-state index in [1.165, 1.54) is 36.4 Å². The highest BCUT2D eigenvalue weighted by atomic mass is 32.2. The van der Waals surface area contributed by atoms with Crippen molar-refractivity contribution in [1.82, 2.24) is 4.72 Å². The Balaban J connectivity index is 1.88. The monoisotopic (exact) mass is 483 g/mol. The van der Waals surface area contributed by atoms with Crippen LogP contribution in [0.1, 0.15) is 18.1 Å². The summed E-state index contributed by atoms with van der Waals surface area (Å²) in [7, 11) is -4.07. The first-order valence-electron chi connectivity index (χ1n) is 10.5. The quantitative estimate of drug-likeness (QED) is 0.333. The minimum atomic E-state index is -4.07. The molecule has 3 rings (SSSR count). The van der Waals surface area contributed by atoms with E-state index in [9.17, 15) is 23.3 Å². The number of carbonyl (C=O) groups is 1. The van der Waals surface area contributed by atoms with Gasteiger partial charge in [-0.25, -0.2) is 8.42 Å². The molecule has 0 saturated carbocycles. The van der Waals surface area contributed by atoms with Crippen LogP contribution in [0.3, 0.4) is 0 Å². The summed E-state index contributed by atoms with van der Waals surface area (Å²) < 4.78 is 34.2. The van der Waals surface area contributed by atoms with Gasteiger partial charge >= 0.3 is 0 Å². The van der Waals surface area contributed by atoms with Crippen LogP contribution in [-0.4, -0.2) is 31.9 Å². The van der Waals surface area contributed by atoms with E-state index >= 15 is 0 Å². The molecule has 0 radical (unpaired) electrons. The van der Waals surface area contributed by atoms with Gasteiger partial charge in [-0.3, -0.25) is 14.9 Å². The van der Waals surface area contributed by atoms with E-state index in [2.05, 4.69) is 10.0 Å². The van der Waals surface area contributed by atoms with Gasteiger partial charge in [0.2, 0.25) is 15.9 Å². The third kappa shape index (κ3) is 6.40. The second-order valence-electron chi connectivity index (χ2n) is 7.52. The average Bonchev–Trinajstić information content (AvgIpc) is 2.80. The van der Waals surface area contributed by atoms with E-state index in [1.807, 2.05) is 13.0 Å². The number of carbonyl (C=O) groups excluding carboxylic acids is 1. The standard InChI is InChI=1S/C24H25N3O6S/c1-3-33-23-13-12-21(14-17(23)2)34(31,32)26-22(15-18-8-5-4-6-9-18)24(28)25-19-10-7-11-20(16-19)27(29)30/h4-14,16,22,26H,3,15H2,1-2H3,(H,25,28)/t22-/m0/s1. The maximum absolute atomic E-state index is 13.1. The summed E-state index contributed by atoms with van der Waals surface area (Å²) in [5.41, 5.74) is 1.38. The van der Waals surface area contributed by atoms with Crippen LogP contribution in [0.2, 0.25) is 0 Å². The van der Waals surface area contributed by atoms with Gasteiger partial charge < -0.3 is 10.1 Å². The van der Waals surface area contributed by atoms with E-state index in [4.69, 9.17) is 4.74 Å². The number of rotatable bonds is 10. The fourth-order valence-corrected chi connectivity index (χ4v) is 4.61. The Labute approximate surface area is 198 Å². The number of anilines is 1. The van der Waals surface area contributed by atoms with Gasteiger partial charge in [-0.15, -0.1) is 0 Å². The molecule has 0 aromatic heterocycles. The molecule has 0 aliphatic rings. The molecule has 0 unspecified atom stereocenters. The summed E-state index contributed by atoms with van der Waals surface area (Å²) >= 11 is 0. The number of nitrogens with zero attached hydrogens (tertiary/aromatic N) is 1. The maximum Gasteiger partial charge on any atom is 0.271 e. The number of hydrogen-bond acceptors (Lipinski definition) is 6. The molecule has 3 aromatic rings. The molecule has 10 heteroatoms. The minimum absolute atomic E-state index is 0.00494. The first kappa shape index (κ1) is 24.9. The van der Waals surface area contributed by atoms with E-state index in [-0.39, 0.29) is 22.7 Å². The largest absolute Gasteiger partial charge is 0.494 e. The van der Waals surface area contributed by atoms with Gasteiger partial charge in [0.15, 0.2) is 0 Å². The van der Waals surface area contributed by atoms with Gasteiger partial charge in [-0.1, -0.05) is 36.4 Å². The Morgan fingerprint density at radius 3 is 2.44 bits per heavy atom. The van der Waals surface area contributed by atoms with Crippen LogP contribution in [0.4, 0.5) is 11.4 Å². The van der Waals surface area contributed by atoms with Crippen molar-refractivity contribution in [3.05, 3.63) is 94.0 Å². The summed E-state index contributed by atoms with van der Waals surface area (Å²) in [6.45, 7) is 4.02. The first-order valence-corrected chi connectivity index (χ1v) is 12.0. The van der Waals surface area contributed by atoms with Crippen molar-refractivity contribution < 1.29 is 22.9 Å². The number of amides is 1. The average molecular weight is 484 g/mol. The predicted molar refractivity (Wildman–Crippen MR) is 128 cm³/mol. The summed E-state index contributed by atoms with van der Waals surface area (Å²) in [6.07, 6.45) is 0.0802. The Morgan fingerprint density at radius 1 is 1.06 bits per heavy atom. The van der Waals surface area contributed by atoms with E-state index in [0.29, 0.717) is 17.9 Å². The molecule has 2 N–H and O–H groups in total. The highest BCUT2D eigenvalue weighted by Gasteiger charge is 2.27. The molecule has 34 heavy (non-hydrogen) atoms. The van der Waals surface area contributed by atoms with Crippen molar-refractivity contribution >= 4 is 27.3 Å². The number of aryl methyl sites for hydroxylation is 1. The number of hydrogen-bond donors (Lipinski definition) is 2. The first-order chi connectivity index (χ1) is 16.2. The highest BCUT2D eigenvalue weighted by molar-refractivity contribution is 7.89. The van der Waals surface area contributed by atoms with Crippen molar-refractivity contribution in [3.63, 3.8) is 0 Å². The topological polar surface area (TPSA) is 128 Å². The second kappa shape index (κ2) is 10.9. The van der Waals surface area contributed by atoms with Crippen LogP contribution in [0, 0.1) is 17.0 Å². The second-order valence-corrected chi connectivity index (χ2v) is 9.23. The molecule has 0 fully saturated rings. The minimum Gasteiger partial charge on any atom is -0.494 e. The lowest BCUT2D eigenvalue weighted by Crippen LogP contribution is -2.45. The number of nitro benzene ring substituents is 1. The molecule has 0 spiro atoms. The van der Waals surface area contributed by atoms with Gasteiger partial charge in [-0.2, -0.15) is 4.72 Å². The molecule has 9 nitrogen and oxygen atoms in total. The number of non-ortho nitro benzene ring substituents is 1. The Morgan fingerprint density at radius 2 is 1.79 bits per heavy atom. The van der Waals surface area contributed by atoms with E-state index in [0.717, 1.165) is 5.56 Å². The SMILES string of the molecule is CCOc1ccc(S(=O)(=O)N[C@@H](Cc2ccccc2)C(=O)Nc2cccc([N+](=O)[O-])c2)cc1C. The van der Waals surface area contributed by atoms with Gasteiger partial charge in [0, 0.05) is 17.8 Å². The number of benzene rings is 3. The summed E-state index contributed by atoms with van der Waals surface area (Å²) in [6, 6.07) is 17.7. The number of ether oxygens (including phenoxy) is 1. The summed E-state index contributed by atoms with van der Waals surface area (Å²) in [5.74, 6) is -0.0683. The molecule has 3 aromatic carbocycles. The molecule has 0 aliphatic heterocycles. The molecule has 0 heterocycles. The van der Waals surface area contributed by atoms with Crippen molar-refractivity contribution in [1.29, 1.82) is 0 Å². The van der Waals surface area contributed by atoms with Crippen LogP contribution < -0.4 is 14.8 Å². The molecule has 1 atom stereocenters. The van der Waals surface area contributed by atoms with E-state index in [1.54, 1.807) is 37.3 Å². The lowest BCUT2D eigenvalue weighted by Gasteiger charge is -2.19. The van der Waals surface area contributed by atoms with Gasteiger partial charge in [0.25, 0.3) is 5.69 Å². The Hall–Kier alpha value is -3.76.